The first-order valence-electron chi connectivity index (χ1n) is 7.30. The maximum atomic E-state index is 14.2. The summed E-state index contributed by atoms with van der Waals surface area (Å²) >= 11 is 0. The summed E-state index contributed by atoms with van der Waals surface area (Å²) < 4.78 is 28.3. The number of piperidine rings is 2. The van der Waals surface area contributed by atoms with Crippen molar-refractivity contribution in [1.82, 2.24) is 5.32 Å². The van der Waals surface area contributed by atoms with Crippen LogP contribution in [-0.4, -0.2) is 25.0 Å². The van der Waals surface area contributed by atoms with Crippen LogP contribution < -0.4 is 16.0 Å². The van der Waals surface area contributed by atoms with Gasteiger partial charge < -0.3 is 16.0 Å². The number of carbonyl (C=O) groups is 1. The number of hydrogen-bond acceptors (Lipinski definition) is 3. The van der Waals surface area contributed by atoms with Crippen molar-refractivity contribution in [3.8, 4) is 0 Å². The van der Waals surface area contributed by atoms with Crippen LogP contribution in [0.4, 0.5) is 14.5 Å². The molecule has 0 saturated carbocycles. The first kappa shape index (κ1) is 14.3. The van der Waals surface area contributed by atoms with E-state index in [2.05, 4.69) is 5.32 Å². The molecule has 3 rings (SSSR count). The number of nitrogens with one attached hydrogen (secondary N) is 1. The summed E-state index contributed by atoms with van der Waals surface area (Å²) in [6.45, 7) is 1.23. The zero-order valence-electron chi connectivity index (χ0n) is 11.7. The smallest absolute Gasteiger partial charge is 0.220 e. The number of rotatable bonds is 2. The molecule has 2 aliphatic heterocycles. The molecule has 3 N–H and O–H groups in total. The lowest BCUT2D eigenvalue weighted by Crippen LogP contribution is -2.54. The average Bonchev–Trinajstić information content (AvgIpc) is 2.46. The van der Waals surface area contributed by atoms with Crippen molar-refractivity contribution < 1.29 is 13.6 Å². The van der Waals surface area contributed by atoms with Gasteiger partial charge in [0.05, 0.1) is 0 Å². The maximum Gasteiger partial charge on any atom is 0.220 e. The summed E-state index contributed by atoms with van der Waals surface area (Å²) in [5.41, 5.74) is 5.91. The van der Waals surface area contributed by atoms with Gasteiger partial charge in [-0.15, -0.1) is 0 Å². The fourth-order valence-electron chi connectivity index (χ4n) is 3.35. The van der Waals surface area contributed by atoms with Gasteiger partial charge in [0, 0.05) is 32.1 Å². The molecule has 2 heterocycles. The molecule has 0 bridgehead atoms. The van der Waals surface area contributed by atoms with Crippen LogP contribution in [0.25, 0.3) is 0 Å². The quantitative estimate of drug-likeness (QED) is 0.870. The Morgan fingerprint density at radius 3 is 2.67 bits per heavy atom. The Labute approximate surface area is 122 Å². The molecule has 4 nitrogen and oxygen atoms in total. The first-order chi connectivity index (χ1) is 10.1. The van der Waals surface area contributed by atoms with Crippen LogP contribution in [0.5, 0.6) is 0 Å². The van der Waals surface area contributed by atoms with Crippen LogP contribution in [-0.2, 0) is 11.3 Å². The van der Waals surface area contributed by atoms with Crippen molar-refractivity contribution in [2.24, 2.45) is 11.7 Å². The van der Waals surface area contributed by atoms with E-state index in [0.29, 0.717) is 31.5 Å². The molecule has 0 aliphatic carbocycles. The SMILES string of the molecule is NCc1cc(F)c(N2CCC3NC(=O)CCC3C2)c(F)c1. The van der Waals surface area contributed by atoms with E-state index in [-0.39, 0.29) is 30.1 Å². The van der Waals surface area contributed by atoms with Crippen LogP contribution in [0.3, 0.4) is 0 Å². The Bertz CT molecular complexity index is 541. The third-order valence-corrected chi connectivity index (χ3v) is 4.45. The van der Waals surface area contributed by atoms with E-state index in [1.165, 1.54) is 12.1 Å². The molecule has 2 atom stereocenters. The molecule has 0 aromatic heterocycles. The van der Waals surface area contributed by atoms with Gasteiger partial charge in [-0.2, -0.15) is 0 Å². The number of hydrogen-bond donors (Lipinski definition) is 2. The zero-order chi connectivity index (χ0) is 15.0. The molecule has 0 spiro atoms. The van der Waals surface area contributed by atoms with Crippen LogP contribution >= 0.6 is 0 Å². The maximum absolute atomic E-state index is 14.2. The van der Waals surface area contributed by atoms with Crippen molar-refractivity contribution in [2.45, 2.75) is 31.8 Å². The molecular formula is C15H19F2N3O. The van der Waals surface area contributed by atoms with Crippen molar-refractivity contribution in [3.05, 3.63) is 29.3 Å². The van der Waals surface area contributed by atoms with Crippen LogP contribution in [0, 0.1) is 17.6 Å². The molecule has 2 fully saturated rings. The lowest BCUT2D eigenvalue weighted by molar-refractivity contribution is -0.124. The minimum atomic E-state index is -0.561. The molecule has 2 unspecified atom stereocenters. The summed E-state index contributed by atoms with van der Waals surface area (Å²) in [5, 5.41) is 2.97. The Hall–Kier alpha value is -1.69. The molecule has 2 saturated heterocycles. The number of benzene rings is 1. The van der Waals surface area contributed by atoms with Crippen LogP contribution in [0.1, 0.15) is 24.8 Å². The van der Waals surface area contributed by atoms with Crippen molar-refractivity contribution in [2.75, 3.05) is 18.0 Å². The summed E-state index contributed by atoms with van der Waals surface area (Å²) in [6, 6.07) is 2.73. The second-order valence-corrected chi connectivity index (χ2v) is 5.82. The average molecular weight is 295 g/mol. The highest BCUT2D eigenvalue weighted by Gasteiger charge is 2.35. The van der Waals surface area contributed by atoms with E-state index >= 15 is 0 Å². The highest BCUT2D eigenvalue weighted by Crippen LogP contribution is 2.32. The molecule has 21 heavy (non-hydrogen) atoms. The molecule has 114 valence electrons. The molecule has 0 radical (unpaired) electrons. The lowest BCUT2D eigenvalue weighted by Gasteiger charge is -2.42. The highest BCUT2D eigenvalue weighted by molar-refractivity contribution is 5.77. The van der Waals surface area contributed by atoms with Crippen LogP contribution in [0.2, 0.25) is 0 Å². The van der Waals surface area contributed by atoms with Gasteiger partial charge in [0.1, 0.15) is 17.3 Å². The first-order valence-corrected chi connectivity index (χ1v) is 7.30. The zero-order valence-corrected chi connectivity index (χ0v) is 11.7. The van der Waals surface area contributed by atoms with Crippen LogP contribution in [0.15, 0.2) is 12.1 Å². The van der Waals surface area contributed by atoms with E-state index in [9.17, 15) is 13.6 Å². The van der Waals surface area contributed by atoms with Gasteiger partial charge in [-0.3, -0.25) is 4.79 Å². The van der Waals surface area contributed by atoms with Gasteiger partial charge in [-0.05, 0) is 36.5 Å². The predicted octanol–water partition coefficient (Wildman–Crippen LogP) is 1.53. The van der Waals surface area contributed by atoms with Gasteiger partial charge in [0.2, 0.25) is 5.91 Å². The number of halogens is 2. The molecule has 1 aromatic carbocycles. The number of nitrogens with zero attached hydrogens (tertiary/aromatic N) is 1. The summed E-state index contributed by atoms with van der Waals surface area (Å²) in [5.74, 6) is -0.790. The summed E-state index contributed by atoms with van der Waals surface area (Å²) in [6.07, 6.45) is 1.98. The number of amides is 1. The Morgan fingerprint density at radius 2 is 2.00 bits per heavy atom. The van der Waals surface area contributed by atoms with Gasteiger partial charge >= 0.3 is 0 Å². The van der Waals surface area contributed by atoms with Gasteiger partial charge in [0.25, 0.3) is 0 Å². The number of anilines is 1. The van der Waals surface area contributed by atoms with Crippen molar-refractivity contribution >= 4 is 11.6 Å². The van der Waals surface area contributed by atoms with E-state index in [4.69, 9.17) is 5.73 Å². The van der Waals surface area contributed by atoms with Gasteiger partial charge in [-0.25, -0.2) is 8.78 Å². The summed E-state index contributed by atoms with van der Waals surface area (Å²) in [4.78, 5) is 13.1. The Kier molecular flexibility index (Phi) is 3.80. The fourth-order valence-corrected chi connectivity index (χ4v) is 3.35. The van der Waals surface area contributed by atoms with E-state index < -0.39 is 11.6 Å². The normalized spacial score (nSPS) is 25.5. The van der Waals surface area contributed by atoms with E-state index in [0.717, 1.165) is 6.42 Å². The second kappa shape index (κ2) is 5.60. The molecule has 6 heteroatoms. The minimum Gasteiger partial charge on any atom is -0.366 e. The second-order valence-electron chi connectivity index (χ2n) is 5.82. The highest BCUT2D eigenvalue weighted by atomic mass is 19.1. The largest absolute Gasteiger partial charge is 0.366 e. The van der Waals surface area contributed by atoms with E-state index in [1.54, 1.807) is 4.90 Å². The summed E-state index contributed by atoms with van der Waals surface area (Å²) in [7, 11) is 0. The van der Waals surface area contributed by atoms with E-state index in [1.807, 2.05) is 0 Å². The Balaban J connectivity index is 1.81. The minimum absolute atomic E-state index is 0.0301. The standard InChI is InChI=1S/C15H19F2N3O/c16-11-5-9(7-18)6-12(17)15(11)20-4-3-13-10(8-20)1-2-14(21)19-13/h5-6,10,13H,1-4,7-8,18H2,(H,19,21). The molecule has 2 aliphatic rings. The van der Waals surface area contributed by atoms with Gasteiger partial charge in [0.15, 0.2) is 0 Å². The third kappa shape index (κ3) is 2.72. The Morgan fingerprint density at radius 1 is 1.29 bits per heavy atom. The van der Waals surface area contributed by atoms with Crippen molar-refractivity contribution in [3.63, 3.8) is 0 Å². The molecular weight excluding hydrogens is 276 g/mol. The third-order valence-electron chi connectivity index (χ3n) is 4.45. The fraction of sp³-hybridized carbons (Fsp3) is 0.533. The van der Waals surface area contributed by atoms with Crippen molar-refractivity contribution in [1.29, 1.82) is 0 Å². The number of nitrogens with two attached hydrogens (primary N) is 1. The predicted molar refractivity (Wildman–Crippen MR) is 75.7 cm³/mol. The molecule has 1 aromatic rings. The lowest BCUT2D eigenvalue weighted by atomic mass is 9.85. The topological polar surface area (TPSA) is 58.4 Å². The molecule has 1 amide bonds. The number of carbonyl (C=O) groups excluding carboxylic acids is 1. The van der Waals surface area contributed by atoms with Gasteiger partial charge in [-0.1, -0.05) is 0 Å². The number of fused-ring (bicyclic) bond motifs is 1. The monoisotopic (exact) mass is 295 g/mol.